The van der Waals surface area contributed by atoms with E-state index in [4.69, 9.17) is 33.8 Å². The highest BCUT2D eigenvalue weighted by Gasteiger charge is 2.11. The van der Waals surface area contributed by atoms with Crippen LogP contribution < -0.4 is 4.74 Å². The summed E-state index contributed by atoms with van der Waals surface area (Å²) in [6.45, 7) is 0. The van der Waals surface area contributed by atoms with Crippen molar-refractivity contribution in [2.45, 2.75) is 6.42 Å². The molecule has 0 spiro atoms. The number of benzene rings is 1. The number of aromatic amines is 1. The number of nitriles is 1. The molecular formula is C16H14ClN3O2S. The Hall–Kier alpha value is -2.36. The Labute approximate surface area is 144 Å². The van der Waals surface area contributed by atoms with E-state index in [0.717, 1.165) is 5.56 Å². The van der Waals surface area contributed by atoms with E-state index in [1.807, 2.05) is 6.07 Å². The van der Waals surface area contributed by atoms with Gasteiger partial charge in [0.25, 0.3) is 0 Å². The molecule has 0 saturated heterocycles. The Morgan fingerprint density at radius 1 is 1.39 bits per heavy atom. The molecule has 0 saturated carbocycles. The number of nitrogens with zero attached hydrogens (tertiary/aromatic N) is 2. The number of pyridine rings is 1. The van der Waals surface area contributed by atoms with Crippen LogP contribution in [0.15, 0.2) is 30.5 Å². The average Bonchev–Trinajstić information content (AvgIpc) is 2.50. The monoisotopic (exact) mass is 347 g/mol. The lowest BCUT2D eigenvalue weighted by molar-refractivity contribution is -0.127. The van der Waals surface area contributed by atoms with Gasteiger partial charge < -0.3 is 14.6 Å². The fourth-order valence-electron chi connectivity index (χ4n) is 1.84. The van der Waals surface area contributed by atoms with Crippen LogP contribution in [-0.2, 0) is 11.2 Å². The maximum absolute atomic E-state index is 11.7. The molecule has 0 atom stereocenters. The lowest BCUT2D eigenvalue weighted by Gasteiger charge is -2.12. The van der Waals surface area contributed by atoms with Crippen LogP contribution >= 0.6 is 23.8 Å². The zero-order chi connectivity index (χ0) is 17.0. The van der Waals surface area contributed by atoms with Crippen LogP contribution in [0, 0.1) is 16.0 Å². The lowest BCUT2D eigenvalue weighted by atomic mass is 10.1. The second-order valence-electron chi connectivity index (χ2n) is 4.99. The molecule has 7 heteroatoms. The molecule has 0 aliphatic rings. The number of hydrogen-bond donors (Lipinski definition) is 1. The van der Waals surface area contributed by atoms with E-state index in [9.17, 15) is 4.79 Å². The van der Waals surface area contributed by atoms with E-state index in [1.54, 1.807) is 44.6 Å². The van der Waals surface area contributed by atoms with Crippen molar-refractivity contribution in [1.82, 2.24) is 9.88 Å². The highest BCUT2D eigenvalue weighted by Crippen LogP contribution is 2.32. The van der Waals surface area contributed by atoms with Crippen LogP contribution in [0.1, 0.15) is 11.1 Å². The van der Waals surface area contributed by atoms with Gasteiger partial charge in [-0.1, -0.05) is 29.9 Å². The van der Waals surface area contributed by atoms with Crippen molar-refractivity contribution in [2.24, 2.45) is 0 Å². The topological polar surface area (TPSA) is 69.1 Å². The molecule has 1 aromatic heterocycles. The molecule has 2 aromatic rings. The number of nitrogens with one attached hydrogen (secondary N) is 1. The number of carbonyl (C=O) groups excluding carboxylic acids is 1. The molecule has 2 rings (SSSR count). The molecule has 0 aliphatic carbocycles. The summed E-state index contributed by atoms with van der Waals surface area (Å²) in [4.78, 5) is 16.0. The molecule has 0 unspecified atom stereocenters. The molecular weight excluding hydrogens is 334 g/mol. The zero-order valence-electron chi connectivity index (χ0n) is 12.6. The standard InChI is InChI=1S/C16H14ClN3O2S/c1-20(2)15(21)8-10-3-4-14(12(17)7-10)22-13-5-6-19-16(23)11(13)9-18/h3-7H,8H2,1-2H3,(H,19,23). The van der Waals surface area contributed by atoms with Gasteiger partial charge in [0.2, 0.25) is 5.91 Å². The van der Waals surface area contributed by atoms with Gasteiger partial charge in [-0.25, -0.2) is 0 Å². The molecule has 1 heterocycles. The molecule has 0 fully saturated rings. The number of ether oxygens (including phenoxy) is 1. The third-order valence-electron chi connectivity index (χ3n) is 3.10. The molecule has 1 amide bonds. The molecule has 0 bridgehead atoms. The first-order valence-electron chi connectivity index (χ1n) is 6.70. The molecule has 23 heavy (non-hydrogen) atoms. The largest absolute Gasteiger partial charge is 0.454 e. The van der Waals surface area contributed by atoms with E-state index in [2.05, 4.69) is 4.98 Å². The first kappa shape index (κ1) is 17.0. The van der Waals surface area contributed by atoms with Crippen LogP contribution in [0.25, 0.3) is 0 Å². The third-order valence-corrected chi connectivity index (χ3v) is 3.72. The summed E-state index contributed by atoms with van der Waals surface area (Å²) in [6.07, 6.45) is 1.85. The van der Waals surface area contributed by atoms with Gasteiger partial charge in [-0.3, -0.25) is 4.79 Å². The van der Waals surface area contributed by atoms with Crippen LogP contribution in [0.3, 0.4) is 0 Å². The molecule has 118 valence electrons. The summed E-state index contributed by atoms with van der Waals surface area (Å²) in [6, 6.07) is 8.71. The van der Waals surface area contributed by atoms with Gasteiger partial charge in [0.1, 0.15) is 27.8 Å². The average molecular weight is 348 g/mol. The lowest BCUT2D eigenvalue weighted by Crippen LogP contribution is -2.23. The van der Waals surface area contributed by atoms with Crippen molar-refractivity contribution >= 4 is 29.7 Å². The number of rotatable bonds is 4. The molecule has 5 nitrogen and oxygen atoms in total. The van der Waals surface area contributed by atoms with E-state index < -0.39 is 0 Å². The van der Waals surface area contributed by atoms with Crippen molar-refractivity contribution in [2.75, 3.05) is 14.1 Å². The first-order valence-corrected chi connectivity index (χ1v) is 7.49. The maximum Gasteiger partial charge on any atom is 0.226 e. The van der Waals surface area contributed by atoms with Gasteiger partial charge in [-0.05, 0) is 23.8 Å². The number of halogens is 1. The van der Waals surface area contributed by atoms with E-state index >= 15 is 0 Å². The SMILES string of the molecule is CN(C)C(=O)Cc1ccc(Oc2cc[nH]c(=S)c2C#N)c(Cl)c1. The summed E-state index contributed by atoms with van der Waals surface area (Å²) >= 11 is 11.3. The minimum Gasteiger partial charge on any atom is -0.454 e. The van der Waals surface area contributed by atoms with Crippen molar-refractivity contribution in [1.29, 1.82) is 5.26 Å². The van der Waals surface area contributed by atoms with E-state index in [0.29, 0.717) is 21.2 Å². The summed E-state index contributed by atoms with van der Waals surface area (Å²) in [5.74, 6) is 0.705. The third kappa shape index (κ3) is 4.09. The van der Waals surface area contributed by atoms with Crippen molar-refractivity contribution in [3.8, 4) is 17.6 Å². The van der Waals surface area contributed by atoms with Gasteiger partial charge in [0.05, 0.1) is 11.4 Å². The molecule has 1 N–H and O–H groups in total. The predicted octanol–water partition coefficient (Wildman–Crippen LogP) is 3.69. The summed E-state index contributed by atoms with van der Waals surface area (Å²) in [7, 11) is 3.40. The van der Waals surface area contributed by atoms with Crippen molar-refractivity contribution in [3.63, 3.8) is 0 Å². The molecule has 0 aliphatic heterocycles. The van der Waals surface area contributed by atoms with E-state index in [-0.39, 0.29) is 17.9 Å². The number of H-pyrrole nitrogens is 1. The van der Waals surface area contributed by atoms with Gasteiger partial charge in [-0.15, -0.1) is 0 Å². The Morgan fingerprint density at radius 2 is 2.13 bits per heavy atom. The Balaban J connectivity index is 2.26. The molecule has 0 radical (unpaired) electrons. The highest BCUT2D eigenvalue weighted by molar-refractivity contribution is 7.71. The van der Waals surface area contributed by atoms with Gasteiger partial charge in [0.15, 0.2) is 0 Å². The first-order chi connectivity index (χ1) is 10.9. The summed E-state index contributed by atoms with van der Waals surface area (Å²) < 4.78 is 5.98. The van der Waals surface area contributed by atoms with Crippen molar-refractivity contribution < 1.29 is 9.53 Å². The minimum atomic E-state index is -0.0177. The van der Waals surface area contributed by atoms with Crippen LogP contribution in [0.2, 0.25) is 5.02 Å². The normalized spacial score (nSPS) is 10.0. The predicted molar refractivity (Wildman–Crippen MR) is 90.3 cm³/mol. The number of amides is 1. The number of likely N-dealkylation sites (N-methyl/N-ethyl adjacent to an activating group) is 1. The van der Waals surface area contributed by atoms with Crippen LogP contribution in [0.5, 0.6) is 11.5 Å². The Morgan fingerprint density at radius 3 is 2.74 bits per heavy atom. The van der Waals surface area contributed by atoms with Gasteiger partial charge in [0, 0.05) is 20.3 Å². The number of aromatic nitrogens is 1. The van der Waals surface area contributed by atoms with E-state index in [1.165, 1.54) is 4.90 Å². The quantitative estimate of drug-likeness (QED) is 0.856. The summed E-state index contributed by atoms with van der Waals surface area (Å²) in [5.41, 5.74) is 1.03. The fraction of sp³-hybridized carbons (Fsp3) is 0.188. The second-order valence-corrected chi connectivity index (χ2v) is 5.81. The fourth-order valence-corrected chi connectivity index (χ4v) is 2.30. The second kappa shape index (κ2) is 7.27. The Kier molecular flexibility index (Phi) is 5.37. The smallest absolute Gasteiger partial charge is 0.226 e. The van der Waals surface area contributed by atoms with Crippen LogP contribution in [0.4, 0.5) is 0 Å². The zero-order valence-corrected chi connectivity index (χ0v) is 14.2. The summed E-state index contributed by atoms with van der Waals surface area (Å²) in [5, 5.41) is 9.51. The highest BCUT2D eigenvalue weighted by atomic mass is 35.5. The minimum absolute atomic E-state index is 0.0177. The number of carbonyl (C=O) groups is 1. The Bertz CT molecular complexity index is 840. The number of hydrogen-bond acceptors (Lipinski definition) is 4. The molecule has 1 aromatic carbocycles. The van der Waals surface area contributed by atoms with Gasteiger partial charge in [-0.2, -0.15) is 5.26 Å². The maximum atomic E-state index is 11.7. The van der Waals surface area contributed by atoms with Gasteiger partial charge >= 0.3 is 0 Å². The van der Waals surface area contributed by atoms with Crippen LogP contribution in [-0.4, -0.2) is 29.9 Å². The van der Waals surface area contributed by atoms with Crippen molar-refractivity contribution in [3.05, 3.63) is 51.3 Å².